The maximum absolute atomic E-state index is 9.77. The lowest BCUT2D eigenvalue weighted by Gasteiger charge is -2.10. The van der Waals surface area contributed by atoms with Gasteiger partial charge in [-0.1, -0.05) is 42.1 Å². The summed E-state index contributed by atoms with van der Waals surface area (Å²) in [6, 6.07) is 10.2. The van der Waals surface area contributed by atoms with Crippen LogP contribution in [0.25, 0.3) is 11.3 Å². The molecule has 0 bridgehead atoms. The molecule has 0 saturated heterocycles. The van der Waals surface area contributed by atoms with E-state index in [1.807, 2.05) is 42.9 Å². The third-order valence-electron chi connectivity index (χ3n) is 2.93. The molecule has 0 aliphatic rings. The fourth-order valence-electron chi connectivity index (χ4n) is 1.88. The van der Waals surface area contributed by atoms with Crippen molar-refractivity contribution in [2.75, 3.05) is 19.0 Å². The van der Waals surface area contributed by atoms with E-state index >= 15 is 0 Å². The van der Waals surface area contributed by atoms with Gasteiger partial charge in [-0.05, 0) is 12.5 Å². The smallest absolute Gasteiger partial charge is 0.168 e. The number of aliphatic hydroxyl groups excluding tert-OH is 1. The summed E-state index contributed by atoms with van der Waals surface area (Å²) < 4.78 is 7.25. The van der Waals surface area contributed by atoms with Crippen LogP contribution in [-0.2, 0) is 11.8 Å². The van der Waals surface area contributed by atoms with Crippen LogP contribution in [0, 0.1) is 0 Å². The number of thioether (sulfide) groups is 1. The molecular weight excluding hydrogens is 272 g/mol. The van der Waals surface area contributed by atoms with Crippen molar-refractivity contribution < 1.29 is 9.84 Å². The molecule has 0 aliphatic carbocycles. The van der Waals surface area contributed by atoms with Crippen LogP contribution in [0.4, 0.5) is 0 Å². The molecule has 1 aromatic heterocycles. The molecule has 20 heavy (non-hydrogen) atoms. The predicted molar refractivity (Wildman–Crippen MR) is 81.9 cm³/mol. The van der Waals surface area contributed by atoms with Gasteiger partial charge in [0.15, 0.2) is 5.16 Å². The van der Waals surface area contributed by atoms with Gasteiger partial charge in [-0.25, -0.2) is 4.98 Å². The molecule has 1 aromatic carbocycles. The lowest BCUT2D eigenvalue weighted by molar-refractivity contribution is 0.0551. The summed E-state index contributed by atoms with van der Waals surface area (Å²) in [5.74, 6) is 0.582. The van der Waals surface area contributed by atoms with Gasteiger partial charge >= 0.3 is 0 Å². The van der Waals surface area contributed by atoms with E-state index in [4.69, 9.17) is 4.74 Å². The number of hydrogen-bond donors (Lipinski definition) is 1. The van der Waals surface area contributed by atoms with Crippen LogP contribution in [0.2, 0.25) is 0 Å². The van der Waals surface area contributed by atoms with Crippen LogP contribution in [0.3, 0.4) is 0 Å². The number of ether oxygens (including phenoxy) is 1. The fraction of sp³-hybridized carbons (Fsp3) is 0.400. The molecule has 1 heterocycles. The van der Waals surface area contributed by atoms with Crippen molar-refractivity contribution in [2.45, 2.75) is 18.2 Å². The Labute approximate surface area is 123 Å². The van der Waals surface area contributed by atoms with E-state index in [1.54, 1.807) is 11.8 Å². The quantitative estimate of drug-likeness (QED) is 0.797. The highest BCUT2D eigenvalue weighted by atomic mass is 32.2. The van der Waals surface area contributed by atoms with Crippen molar-refractivity contribution in [3.63, 3.8) is 0 Å². The number of aromatic nitrogens is 2. The van der Waals surface area contributed by atoms with Crippen molar-refractivity contribution in [3.05, 3.63) is 36.5 Å². The maximum atomic E-state index is 9.77. The Hall–Kier alpha value is -1.30. The van der Waals surface area contributed by atoms with Crippen LogP contribution in [0.5, 0.6) is 0 Å². The molecule has 2 rings (SSSR count). The van der Waals surface area contributed by atoms with E-state index in [0.717, 1.165) is 16.4 Å². The van der Waals surface area contributed by atoms with E-state index < -0.39 is 6.10 Å². The fourth-order valence-corrected chi connectivity index (χ4v) is 2.73. The van der Waals surface area contributed by atoms with E-state index in [2.05, 4.69) is 17.1 Å². The summed E-state index contributed by atoms with van der Waals surface area (Å²) in [4.78, 5) is 4.42. The predicted octanol–water partition coefficient (Wildman–Crippen LogP) is 2.58. The molecule has 5 heteroatoms. The van der Waals surface area contributed by atoms with Gasteiger partial charge in [-0.2, -0.15) is 0 Å². The number of aliphatic hydroxyl groups is 1. The van der Waals surface area contributed by atoms with Crippen LogP contribution in [-0.4, -0.2) is 39.7 Å². The maximum Gasteiger partial charge on any atom is 0.168 e. The van der Waals surface area contributed by atoms with Gasteiger partial charge in [0.2, 0.25) is 0 Å². The molecule has 4 nitrogen and oxygen atoms in total. The first kappa shape index (κ1) is 15.1. The SMILES string of the molecule is CCOCC(O)CSc1ncc(-c2ccccc2)n1C. The summed E-state index contributed by atoms with van der Waals surface area (Å²) in [5, 5.41) is 10.7. The van der Waals surface area contributed by atoms with Gasteiger partial charge < -0.3 is 14.4 Å². The summed E-state index contributed by atoms with van der Waals surface area (Å²) in [6.45, 7) is 2.92. The molecule has 1 N–H and O–H groups in total. The number of imidazole rings is 1. The first-order valence-electron chi connectivity index (χ1n) is 6.68. The van der Waals surface area contributed by atoms with Gasteiger partial charge in [-0.15, -0.1) is 0 Å². The molecule has 1 atom stereocenters. The second-order valence-electron chi connectivity index (χ2n) is 4.48. The highest BCUT2D eigenvalue weighted by molar-refractivity contribution is 7.99. The number of benzene rings is 1. The molecule has 0 amide bonds. The highest BCUT2D eigenvalue weighted by Crippen LogP contribution is 2.24. The Kier molecular flexibility index (Phi) is 5.64. The molecular formula is C15H20N2O2S. The zero-order chi connectivity index (χ0) is 14.4. The van der Waals surface area contributed by atoms with Crippen LogP contribution < -0.4 is 0 Å². The van der Waals surface area contributed by atoms with Crippen LogP contribution in [0.1, 0.15) is 6.92 Å². The molecule has 0 radical (unpaired) electrons. The van der Waals surface area contributed by atoms with Crippen LogP contribution >= 0.6 is 11.8 Å². The normalized spacial score (nSPS) is 12.6. The zero-order valence-corrected chi connectivity index (χ0v) is 12.6. The van der Waals surface area contributed by atoms with Gasteiger partial charge in [0.05, 0.1) is 24.6 Å². The average Bonchev–Trinajstić information content (AvgIpc) is 2.85. The minimum absolute atomic E-state index is 0.374. The molecule has 1 unspecified atom stereocenters. The highest BCUT2D eigenvalue weighted by Gasteiger charge is 2.11. The first-order chi connectivity index (χ1) is 9.72. The zero-order valence-electron chi connectivity index (χ0n) is 11.8. The second kappa shape index (κ2) is 7.47. The van der Waals surface area contributed by atoms with Gasteiger partial charge in [0, 0.05) is 19.4 Å². The van der Waals surface area contributed by atoms with Crippen molar-refractivity contribution in [1.82, 2.24) is 9.55 Å². The molecule has 0 spiro atoms. The minimum atomic E-state index is -0.461. The largest absolute Gasteiger partial charge is 0.390 e. The number of hydrogen-bond acceptors (Lipinski definition) is 4. The lowest BCUT2D eigenvalue weighted by atomic mass is 10.2. The molecule has 2 aromatic rings. The topological polar surface area (TPSA) is 47.3 Å². The lowest BCUT2D eigenvalue weighted by Crippen LogP contribution is -2.18. The van der Waals surface area contributed by atoms with Crippen molar-refractivity contribution >= 4 is 11.8 Å². The minimum Gasteiger partial charge on any atom is -0.390 e. The van der Waals surface area contributed by atoms with Gasteiger partial charge in [0.25, 0.3) is 0 Å². The Morgan fingerprint density at radius 1 is 1.35 bits per heavy atom. The van der Waals surface area contributed by atoms with E-state index in [-0.39, 0.29) is 0 Å². The van der Waals surface area contributed by atoms with E-state index in [9.17, 15) is 5.11 Å². The third-order valence-corrected chi connectivity index (χ3v) is 4.12. The monoisotopic (exact) mass is 292 g/mol. The van der Waals surface area contributed by atoms with Crippen LogP contribution in [0.15, 0.2) is 41.7 Å². The summed E-state index contributed by atoms with van der Waals surface area (Å²) in [7, 11) is 1.99. The van der Waals surface area contributed by atoms with Crippen molar-refractivity contribution in [3.8, 4) is 11.3 Å². The Balaban J connectivity index is 1.99. The first-order valence-corrected chi connectivity index (χ1v) is 7.66. The third kappa shape index (κ3) is 3.85. The molecule has 0 saturated carbocycles. The van der Waals surface area contributed by atoms with Gasteiger partial charge in [0.1, 0.15) is 0 Å². The standard InChI is InChI=1S/C15H20N2O2S/c1-3-19-10-13(18)11-20-15-16-9-14(17(15)2)12-7-5-4-6-8-12/h4-9,13,18H,3,10-11H2,1-2H3. The Morgan fingerprint density at radius 3 is 2.80 bits per heavy atom. The Morgan fingerprint density at radius 2 is 2.10 bits per heavy atom. The molecule has 108 valence electrons. The number of rotatable bonds is 7. The summed E-state index contributed by atoms with van der Waals surface area (Å²) in [5.41, 5.74) is 2.22. The van der Waals surface area contributed by atoms with Crippen molar-refractivity contribution in [2.24, 2.45) is 7.05 Å². The Bertz CT molecular complexity index is 528. The van der Waals surface area contributed by atoms with Gasteiger partial charge in [-0.3, -0.25) is 0 Å². The van der Waals surface area contributed by atoms with E-state index in [1.165, 1.54) is 0 Å². The van der Waals surface area contributed by atoms with E-state index in [0.29, 0.717) is 19.0 Å². The summed E-state index contributed by atoms with van der Waals surface area (Å²) >= 11 is 1.54. The summed E-state index contributed by atoms with van der Waals surface area (Å²) in [6.07, 6.45) is 1.41. The molecule has 0 aliphatic heterocycles. The average molecular weight is 292 g/mol. The second-order valence-corrected chi connectivity index (χ2v) is 5.46. The number of nitrogens with zero attached hydrogens (tertiary/aromatic N) is 2. The molecule has 0 fully saturated rings. The van der Waals surface area contributed by atoms with Crippen molar-refractivity contribution in [1.29, 1.82) is 0 Å².